The number of rotatable bonds is 0. The maximum Gasteiger partial charge on any atom is 0 e. The van der Waals surface area contributed by atoms with Crippen LogP contribution < -0.4 is 0 Å². The largest absolute Gasteiger partial charge is 0.707 e. The van der Waals surface area contributed by atoms with Crippen molar-refractivity contribution < 1.29 is 49.5 Å². The van der Waals surface area contributed by atoms with Gasteiger partial charge in [-0.3, -0.25) is 0 Å². The average molecular weight is 344 g/mol. The van der Waals surface area contributed by atoms with Crippen LogP contribution in [0.25, 0.3) is 33.6 Å². The standard InChI is InChI=1S/2C3H4N2.2H2N.3Ni/c2*1-2-5-3-4-1;;;;;/h2*1-2H,3H2;2*1H2;;;/q2*-2;2*-1;;;. The summed E-state index contributed by atoms with van der Waals surface area (Å²) in [4.78, 5) is 0. The zero-order chi connectivity index (χ0) is 7.07. The van der Waals surface area contributed by atoms with Crippen molar-refractivity contribution in [3.63, 3.8) is 0 Å². The molecule has 6 nitrogen and oxygen atoms in total. The molecule has 4 N–H and O–H groups in total. The summed E-state index contributed by atoms with van der Waals surface area (Å²) in [5.41, 5.74) is 0. The van der Waals surface area contributed by atoms with Crippen molar-refractivity contribution in [1.29, 1.82) is 0 Å². The Morgan fingerprint density at radius 2 is 0.733 bits per heavy atom. The predicted molar refractivity (Wildman–Crippen MR) is 52.0 cm³/mol. The van der Waals surface area contributed by atoms with Gasteiger partial charge in [0.15, 0.2) is 0 Å². The number of nitrogens with zero attached hydrogens (tertiary/aromatic N) is 4. The third kappa shape index (κ3) is 20.2. The molecule has 0 fully saturated rings. The van der Waals surface area contributed by atoms with E-state index in [-0.39, 0.29) is 61.8 Å². The summed E-state index contributed by atoms with van der Waals surface area (Å²) in [6.07, 6.45) is 6.78. The van der Waals surface area contributed by atoms with Crippen LogP contribution in [0.1, 0.15) is 0 Å². The minimum absolute atomic E-state index is 0. The molecule has 15 heavy (non-hydrogen) atoms. The summed E-state index contributed by atoms with van der Waals surface area (Å²) >= 11 is 0. The van der Waals surface area contributed by atoms with Gasteiger partial charge in [-0.15, -0.1) is 0 Å². The second-order valence-corrected chi connectivity index (χ2v) is 1.61. The van der Waals surface area contributed by atoms with Crippen LogP contribution in [0.15, 0.2) is 24.8 Å². The first-order valence-electron chi connectivity index (χ1n) is 2.96. The average Bonchev–Trinajstić information content (AvgIpc) is 2.67. The van der Waals surface area contributed by atoms with Crippen LogP contribution in [0.4, 0.5) is 0 Å². The maximum absolute atomic E-state index is 3.74. The molecule has 2 aliphatic rings. The number of hydrogen-bond donors (Lipinski definition) is 0. The third-order valence-corrected chi connectivity index (χ3v) is 0.882. The van der Waals surface area contributed by atoms with Crippen LogP contribution in [0.2, 0.25) is 0 Å². The maximum atomic E-state index is 3.74. The van der Waals surface area contributed by atoms with E-state index in [2.05, 4.69) is 21.3 Å². The molecule has 9 heteroatoms. The molecule has 2 aliphatic heterocycles. The first kappa shape index (κ1) is 29.4. The first-order chi connectivity index (χ1) is 5.00. The van der Waals surface area contributed by atoms with Crippen LogP contribution in [-0.4, -0.2) is 13.3 Å². The Morgan fingerprint density at radius 1 is 0.533 bits per heavy atom. The van der Waals surface area contributed by atoms with E-state index in [1.807, 2.05) is 0 Å². The molecule has 2 rings (SSSR count). The number of nitrogens with two attached hydrogens (primary N) is 2. The number of hydrogen-bond acceptors (Lipinski definition) is 0. The van der Waals surface area contributed by atoms with Crippen molar-refractivity contribution in [2.24, 2.45) is 0 Å². The van der Waals surface area contributed by atoms with Gasteiger partial charge in [0.1, 0.15) is 0 Å². The summed E-state index contributed by atoms with van der Waals surface area (Å²) in [5.74, 6) is 0. The molecule has 0 saturated heterocycles. The molecule has 0 aromatic carbocycles. The Hall–Kier alpha value is 0.0805. The molecule has 0 spiro atoms. The Balaban J connectivity index is -0.0000000333. The normalized spacial score (nSPS) is 11.7. The molecule has 2 heterocycles. The van der Waals surface area contributed by atoms with Gasteiger partial charge in [-0.2, -0.15) is 0 Å². The molecular weight excluding hydrogens is 332 g/mol. The zero-order valence-corrected chi connectivity index (χ0v) is 10.6. The van der Waals surface area contributed by atoms with Gasteiger partial charge in [0.2, 0.25) is 0 Å². The fourth-order valence-electron chi connectivity index (χ4n) is 0.471. The van der Waals surface area contributed by atoms with Crippen LogP contribution in [0.3, 0.4) is 0 Å². The molecule has 0 amide bonds. The molecular formula is C6H12N6Ni3-6. The molecule has 0 atom stereocenters. The molecule has 102 valence electrons. The van der Waals surface area contributed by atoms with Crippen molar-refractivity contribution >= 4 is 0 Å². The Morgan fingerprint density at radius 3 is 0.800 bits per heavy atom. The third-order valence-electron chi connectivity index (χ3n) is 0.882. The summed E-state index contributed by atoms with van der Waals surface area (Å²) < 4.78 is 0. The van der Waals surface area contributed by atoms with Gasteiger partial charge in [-0.1, -0.05) is 0 Å². The van der Waals surface area contributed by atoms with E-state index in [4.69, 9.17) is 0 Å². The van der Waals surface area contributed by atoms with Crippen molar-refractivity contribution in [3.05, 3.63) is 58.4 Å². The van der Waals surface area contributed by atoms with Gasteiger partial charge in [-0.05, 0) is 0 Å². The van der Waals surface area contributed by atoms with Crippen LogP contribution >= 0.6 is 0 Å². The first-order valence-corrected chi connectivity index (χ1v) is 2.96. The van der Waals surface area contributed by atoms with E-state index in [0.29, 0.717) is 13.3 Å². The minimum Gasteiger partial charge on any atom is -0.707 e. The van der Waals surface area contributed by atoms with E-state index in [9.17, 15) is 0 Å². The molecule has 0 saturated carbocycles. The van der Waals surface area contributed by atoms with Gasteiger partial charge in [0.05, 0.1) is 0 Å². The van der Waals surface area contributed by atoms with E-state index in [0.717, 1.165) is 0 Å². The Kier molecular flexibility index (Phi) is 46.5. The van der Waals surface area contributed by atoms with E-state index in [1.165, 1.54) is 0 Å². The van der Waals surface area contributed by atoms with Crippen LogP contribution in [-0.2, 0) is 49.5 Å². The smallest absolute Gasteiger partial charge is 0 e. The van der Waals surface area contributed by atoms with Crippen LogP contribution in [0.5, 0.6) is 0 Å². The molecule has 0 aromatic heterocycles. The van der Waals surface area contributed by atoms with Gasteiger partial charge < -0.3 is 33.6 Å². The SMILES string of the molecule is C1=C[N-]C[N-]1.C1=C[N-]C[N-]1.[NH2-].[NH2-].[Ni].[Ni].[Ni]. The predicted octanol–water partition coefficient (Wildman–Crippen LogP) is 3.78. The zero-order valence-electron chi connectivity index (χ0n) is 7.62. The molecule has 0 aliphatic carbocycles. The van der Waals surface area contributed by atoms with E-state index < -0.39 is 0 Å². The monoisotopic (exact) mass is 342 g/mol. The van der Waals surface area contributed by atoms with Gasteiger partial charge in [0, 0.05) is 49.5 Å². The summed E-state index contributed by atoms with van der Waals surface area (Å²) in [6, 6.07) is 0. The van der Waals surface area contributed by atoms with Gasteiger partial charge in [-0.25, -0.2) is 38.1 Å². The van der Waals surface area contributed by atoms with Crippen molar-refractivity contribution in [2.45, 2.75) is 0 Å². The topological polar surface area (TPSA) is 123 Å². The quantitative estimate of drug-likeness (QED) is 0.593. The van der Waals surface area contributed by atoms with Crippen molar-refractivity contribution in [1.82, 2.24) is 0 Å². The summed E-state index contributed by atoms with van der Waals surface area (Å²) in [6.45, 7) is 1.28. The van der Waals surface area contributed by atoms with E-state index in [1.54, 1.807) is 24.8 Å². The molecule has 0 radical (unpaired) electrons. The van der Waals surface area contributed by atoms with Crippen molar-refractivity contribution in [2.75, 3.05) is 13.3 Å². The second-order valence-electron chi connectivity index (χ2n) is 1.61. The molecule has 0 unspecified atom stereocenters. The molecule has 0 bridgehead atoms. The summed E-state index contributed by atoms with van der Waals surface area (Å²) in [7, 11) is 0. The van der Waals surface area contributed by atoms with Gasteiger partial charge >= 0.3 is 0 Å². The molecule has 0 aromatic rings. The van der Waals surface area contributed by atoms with E-state index >= 15 is 0 Å². The Labute approximate surface area is 121 Å². The van der Waals surface area contributed by atoms with Crippen LogP contribution in [0, 0.1) is 0 Å². The fourth-order valence-corrected chi connectivity index (χ4v) is 0.471. The minimum atomic E-state index is 0. The summed E-state index contributed by atoms with van der Waals surface area (Å²) in [5, 5.41) is 14.9. The second kappa shape index (κ2) is 23.7. The van der Waals surface area contributed by atoms with Crippen molar-refractivity contribution in [3.8, 4) is 0 Å². The Bertz CT molecular complexity index is 115. The fraction of sp³-hybridized carbons (Fsp3) is 0.333. The van der Waals surface area contributed by atoms with Gasteiger partial charge in [0.25, 0.3) is 0 Å².